The van der Waals surface area contributed by atoms with Crippen LogP contribution in [0.2, 0.25) is 0 Å². The molecule has 8 heteroatoms. The van der Waals surface area contributed by atoms with E-state index >= 15 is 0 Å². The molecule has 142 valence electrons. The molecule has 1 amide bonds. The van der Waals surface area contributed by atoms with Crippen LogP contribution >= 0.6 is 11.8 Å². The van der Waals surface area contributed by atoms with Gasteiger partial charge in [0, 0.05) is 19.1 Å². The second-order valence-electron chi connectivity index (χ2n) is 6.27. The fraction of sp³-hybridized carbons (Fsp3) is 0.368. The summed E-state index contributed by atoms with van der Waals surface area (Å²) in [6.45, 7) is 4.88. The molecule has 0 N–H and O–H groups in total. The van der Waals surface area contributed by atoms with Gasteiger partial charge in [0.15, 0.2) is 5.17 Å². The van der Waals surface area contributed by atoms with Gasteiger partial charge >= 0.3 is 11.9 Å². The molecule has 2 aliphatic rings. The minimum absolute atomic E-state index is 0.0897. The lowest BCUT2D eigenvalue weighted by atomic mass is 9.93. The number of fused-ring (bicyclic) bond motifs is 1. The molecule has 27 heavy (non-hydrogen) atoms. The first kappa shape index (κ1) is 19.2. The van der Waals surface area contributed by atoms with Crippen molar-refractivity contribution in [2.24, 2.45) is 4.99 Å². The van der Waals surface area contributed by atoms with Crippen molar-refractivity contribution in [3.8, 4) is 5.75 Å². The molecule has 0 radical (unpaired) electrons. The number of ether oxygens (including phenoxy) is 2. The molecule has 1 aromatic rings. The van der Waals surface area contributed by atoms with E-state index in [-0.39, 0.29) is 5.91 Å². The molecular formula is C19H20N2O5S. The standard InChI is InChI=1S/C19H20N2O5S/c1-10-9-13(5-6-14(10)26-12(3)22)17-16(18(24)25-4)11(2)20-19-21(17)15(23)7-8-27-19/h5-6,9,17H,7-8H2,1-4H3. The highest BCUT2D eigenvalue weighted by molar-refractivity contribution is 8.14. The van der Waals surface area contributed by atoms with Gasteiger partial charge in [0.2, 0.25) is 5.91 Å². The summed E-state index contributed by atoms with van der Waals surface area (Å²) in [4.78, 5) is 42.4. The number of rotatable bonds is 3. The van der Waals surface area contributed by atoms with Crippen LogP contribution in [0.25, 0.3) is 0 Å². The number of methoxy groups -OCH3 is 1. The first-order valence-electron chi connectivity index (χ1n) is 8.45. The van der Waals surface area contributed by atoms with Crippen LogP contribution < -0.4 is 4.74 Å². The zero-order chi connectivity index (χ0) is 19.7. The predicted molar refractivity (Wildman–Crippen MR) is 101 cm³/mol. The van der Waals surface area contributed by atoms with E-state index in [0.29, 0.717) is 34.4 Å². The average Bonchev–Trinajstić information content (AvgIpc) is 2.61. The van der Waals surface area contributed by atoms with Crippen LogP contribution in [-0.4, -0.2) is 40.8 Å². The normalized spacial score (nSPS) is 19.4. The van der Waals surface area contributed by atoms with E-state index in [9.17, 15) is 14.4 Å². The molecule has 3 rings (SSSR count). The van der Waals surface area contributed by atoms with Gasteiger partial charge in [-0.15, -0.1) is 0 Å². The van der Waals surface area contributed by atoms with Crippen molar-refractivity contribution in [2.45, 2.75) is 33.2 Å². The summed E-state index contributed by atoms with van der Waals surface area (Å²) < 4.78 is 10.1. The van der Waals surface area contributed by atoms with Crippen molar-refractivity contribution in [3.05, 3.63) is 40.6 Å². The zero-order valence-electron chi connectivity index (χ0n) is 15.6. The highest BCUT2D eigenvalue weighted by atomic mass is 32.2. The Morgan fingerprint density at radius 3 is 2.67 bits per heavy atom. The lowest BCUT2D eigenvalue weighted by Crippen LogP contribution is -2.45. The fourth-order valence-electron chi connectivity index (χ4n) is 3.19. The summed E-state index contributed by atoms with van der Waals surface area (Å²) in [6, 6.07) is 4.61. The van der Waals surface area contributed by atoms with Crippen LogP contribution in [0.3, 0.4) is 0 Å². The molecule has 0 aromatic heterocycles. The lowest BCUT2D eigenvalue weighted by Gasteiger charge is -2.38. The summed E-state index contributed by atoms with van der Waals surface area (Å²) in [5, 5.41) is 0.586. The first-order chi connectivity index (χ1) is 12.8. The predicted octanol–water partition coefficient (Wildman–Crippen LogP) is 2.74. The average molecular weight is 388 g/mol. The summed E-state index contributed by atoms with van der Waals surface area (Å²) in [7, 11) is 1.31. The number of hydrogen-bond acceptors (Lipinski definition) is 7. The van der Waals surface area contributed by atoms with Gasteiger partial charge in [-0.2, -0.15) is 0 Å². The van der Waals surface area contributed by atoms with E-state index in [1.807, 2.05) is 6.07 Å². The minimum atomic E-state index is -0.629. The van der Waals surface area contributed by atoms with E-state index in [2.05, 4.69) is 4.99 Å². The summed E-state index contributed by atoms with van der Waals surface area (Å²) in [6.07, 6.45) is 0.373. The van der Waals surface area contributed by atoms with Gasteiger partial charge in [-0.05, 0) is 37.1 Å². The van der Waals surface area contributed by atoms with E-state index in [4.69, 9.17) is 9.47 Å². The van der Waals surface area contributed by atoms with E-state index in [1.54, 1.807) is 30.9 Å². The molecule has 1 aromatic carbocycles. The van der Waals surface area contributed by atoms with Gasteiger partial charge in [-0.25, -0.2) is 9.79 Å². The summed E-state index contributed by atoms with van der Waals surface area (Å²) in [5.74, 6) is 0.0761. The number of esters is 2. The number of aliphatic imine (C=N–C) groups is 1. The number of thioether (sulfide) groups is 1. The quantitative estimate of drug-likeness (QED) is 0.585. The van der Waals surface area contributed by atoms with Crippen LogP contribution in [0.5, 0.6) is 5.75 Å². The van der Waals surface area contributed by atoms with Gasteiger partial charge in [0.05, 0.1) is 24.4 Å². The number of aryl methyl sites for hydroxylation is 1. The zero-order valence-corrected chi connectivity index (χ0v) is 16.4. The number of amidine groups is 1. The second-order valence-corrected chi connectivity index (χ2v) is 7.33. The summed E-state index contributed by atoms with van der Waals surface area (Å²) >= 11 is 1.49. The molecule has 1 unspecified atom stereocenters. The third-order valence-electron chi connectivity index (χ3n) is 4.38. The summed E-state index contributed by atoms with van der Waals surface area (Å²) in [5.41, 5.74) is 2.32. The molecule has 0 aliphatic carbocycles. The first-order valence-corrected chi connectivity index (χ1v) is 9.43. The maximum atomic E-state index is 12.7. The number of amides is 1. The smallest absolute Gasteiger partial charge is 0.338 e. The molecule has 2 aliphatic heterocycles. The van der Waals surface area contributed by atoms with Crippen molar-refractivity contribution in [1.29, 1.82) is 0 Å². The van der Waals surface area contributed by atoms with E-state index in [0.717, 1.165) is 11.1 Å². The minimum Gasteiger partial charge on any atom is -0.466 e. The highest BCUT2D eigenvalue weighted by Crippen LogP contribution is 2.41. The Bertz CT molecular complexity index is 890. The number of hydrogen-bond donors (Lipinski definition) is 0. The Labute approximate surface area is 161 Å². The molecule has 1 fully saturated rings. The highest BCUT2D eigenvalue weighted by Gasteiger charge is 2.41. The van der Waals surface area contributed by atoms with Crippen LogP contribution in [0, 0.1) is 6.92 Å². The third-order valence-corrected chi connectivity index (χ3v) is 5.33. The largest absolute Gasteiger partial charge is 0.466 e. The molecule has 0 bridgehead atoms. The molecular weight excluding hydrogens is 368 g/mol. The Morgan fingerprint density at radius 1 is 1.30 bits per heavy atom. The fourth-order valence-corrected chi connectivity index (χ4v) is 4.20. The second kappa shape index (κ2) is 7.56. The third kappa shape index (κ3) is 3.62. The van der Waals surface area contributed by atoms with Crippen molar-refractivity contribution < 1.29 is 23.9 Å². The molecule has 2 heterocycles. The van der Waals surface area contributed by atoms with Crippen molar-refractivity contribution in [3.63, 3.8) is 0 Å². The number of carbonyl (C=O) groups is 3. The Balaban J connectivity index is 2.13. The number of allylic oxidation sites excluding steroid dienone is 1. The van der Waals surface area contributed by atoms with Crippen molar-refractivity contribution in [1.82, 2.24) is 4.90 Å². The van der Waals surface area contributed by atoms with Gasteiger partial charge in [0.25, 0.3) is 0 Å². The van der Waals surface area contributed by atoms with Crippen molar-refractivity contribution in [2.75, 3.05) is 12.9 Å². The van der Waals surface area contributed by atoms with E-state index in [1.165, 1.54) is 25.8 Å². The van der Waals surface area contributed by atoms with Crippen LogP contribution in [0.15, 0.2) is 34.5 Å². The Kier molecular flexibility index (Phi) is 5.36. The lowest BCUT2D eigenvalue weighted by molar-refractivity contribution is -0.137. The molecule has 1 saturated heterocycles. The number of carbonyl (C=O) groups excluding carboxylic acids is 3. The number of benzene rings is 1. The maximum absolute atomic E-state index is 12.7. The van der Waals surface area contributed by atoms with Gasteiger partial charge in [-0.1, -0.05) is 17.8 Å². The molecule has 0 saturated carbocycles. The SMILES string of the molecule is COC(=O)C1=C(C)N=C2SCCC(=O)N2C1c1ccc(OC(C)=O)c(C)c1. The Morgan fingerprint density at radius 2 is 2.04 bits per heavy atom. The monoisotopic (exact) mass is 388 g/mol. The van der Waals surface area contributed by atoms with E-state index < -0.39 is 18.0 Å². The van der Waals surface area contributed by atoms with Crippen LogP contribution in [0.4, 0.5) is 0 Å². The Hall–Kier alpha value is -2.61. The van der Waals surface area contributed by atoms with Crippen LogP contribution in [-0.2, 0) is 19.1 Å². The van der Waals surface area contributed by atoms with Gasteiger partial charge in [-0.3, -0.25) is 14.5 Å². The molecule has 7 nitrogen and oxygen atoms in total. The topological polar surface area (TPSA) is 85.3 Å². The molecule has 0 spiro atoms. The number of nitrogens with zero attached hydrogens (tertiary/aromatic N) is 2. The van der Waals surface area contributed by atoms with Crippen LogP contribution in [0.1, 0.15) is 37.4 Å². The van der Waals surface area contributed by atoms with Crippen molar-refractivity contribution >= 4 is 34.8 Å². The van der Waals surface area contributed by atoms with Gasteiger partial charge < -0.3 is 9.47 Å². The maximum Gasteiger partial charge on any atom is 0.338 e. The molecule has 1 atom stereocenters. The van der Waals surface area contributed by atoms with Gasteiger partial charge in [0.1, 0.15) is 5.75 Å².